The Hall–Kier alpha value is -2.08. The molecule has 1 aromatic carbocycles. The molecule has 0 heterocycles. The lowest BCUT2D eigenvalue weighted by Crippen LogP contribution is -2.43. The molecule has 0 saturated carbocycles. The van der Waals surface area contributed by atoms with Crippen LogP contribution < -0.4 is 5.32 Å². The van der Waals surface area contributed by atoms with Crippen molar-refractivity contribution in [2.45, 2.75) is 32.4 Å². The molecule has 1 unspecified atom stereocenters. The van der Waals surface area contributed by atoms with E-state index in [1.54, 1.807) is 27.8 Å². The van der Waals surface area contributed by atoms with Gasteiger partial charge in [-0.3, -0.25) is 4.79 Å². The van der Waals surface area contributed by atoms with E-state index in [4.69, 9.17) is 4.74 Å². The number of hydrogen-bond acceptors (Lipinski definition) is 4. The standard InChI is InChI=1S/C18H29N3O3/c1-18(2,3)24-17(23)21(6)13-16(22)19-12-15(20(4)5)14-10-8-7-9-11-14/h7-11,15H,12-13H2,1-6H3,(H,19,22). The normalized spacial score (nSPS) is 12.6. The van der Waals surface area contributed by atoms with Crippen molar-refractivity contribution in [1.82, 2.24) is 15.1 Å². The van der Waals surface area contributed by atoms with Gasteiger partial charge >= 0.3 is 6.09 Å². The molecule has 0 aliphatic rings. The molecule has 1 atom stereocenters. The second-order valence-electron chi connectivity index (χ2n) is 7.03. The van der Waals surface area contributed by atoms with E-state index in [0.29, 0.717) is 6.54 Å². The van der Waals surface area contributed by atoms with Crippen LogP contribution in [0.2, 0.25) is 0 Å². The SMILES string of the molecule is CN(CC(=O)NCC(c1ccccc1)N(C)C)C(=O)OC(C)(C)C. The zero-order chi connectivity index (χ0) is 18.3. The molecule has 2 amide bonds. The number of nitrogens with zero attached hydrogens (tertiary/aromatic N) is 2. The van der Waals surface area contributed by atoms with Crippen LogP contribution in [0.4, 0.5) is 4.79 Å². The van der Waals surface area contributed by atoms with E-state index in [0.717, 1.165) is 5.56 Å². The van der Waals surface area contributed by atoms with Gasteiger partial charge in [-0.2, -0.15) is 0 Å². The van der Waals surface area contributed by atoms with Crippen LogP contribution in [0.3, 0.4) is 0 Å². The van der Waals surface area contributed by atoms with Gasteiger partial charge in [-0.1, -0.05) is 30.3 Å². The molecule has 134 valence electrons. The number of nitrogens with one attached hydrogen (secondary N) is 1. The van der Waals surface area contributed by atoms with Gasteiger partial charge in [-0.25, -0.2) is 4.79 Å². The quantitative estimate of drug-likeness (QED) is 0.866. The number of rotatable bonds is 6. The number of carbonyl (C=O) groups excluding carboxylic acids is 2. The second kappa shape index (κ2) is 8.68. The number of benzene rings is 1. The first-order chi connectivity index (χ1) is 11.1. The molecule has 6 heteroatoms. The number of carbonyl (C=O) groups is 2. The fourth-order valence-corrected chi connectivity index (χ4v) is 2.16. The van der Waals surface area contributed by atoms with Crippen molar-refractivity contribution in [3.8, 4) is 0 Å². The van der Waals surface area contributed by atoms with Crippen LogP contribution in [0, 0.1) is 0 Å². The average Bonchev–Trinajstić information content (AvgIpc) is 2.46. The van der Waals surface area contributed by atoms with E-state index in [-0.39, 0.29) is 18.5 Å². The summed E-state index contributed by atoms with van der Waals surface area (Å²) in [5, 5.41) is 2.88. The maximum atomic E-state index is 12.1. The Labute approximate surface area is 144 Å². The van der Waals surface area contributed by atoms with Crippen LogP contribution in [0.25, 0.3) is 0 Å². The fourth-order valence-electron chi connectivity index (χ4n) is 2.16. The molecule has 0 spiro atoms. The Kier molecular flexibility index (Phi) is 7.22. The Balaban J connectivity index is 2.53. The maximum absolute atomic E-state index is 12.1. The summed E-state index contributed by atoms with van der Waals surface area (Å²) in [4.78, 5) is 27.3. The van der Waals surface area contributed by atoms with Crippen LogP contribution in [-0.4, -0.2) is 61.6 Å². The van der Waals surface area contributed by atoms with E-state index >= 15 is 0 Å². The summed E-state index contributed by atoms with van der Waals surface area (Å²) in [7, 11) is 5.49. The first kappa shape index (κ1) is 20.0. The van der Waals surface area contributed by atoms with E-state index in [2.05, 4.69) is 5.32 Å². The Morgan fingerprint density at radius 2 is 1.71 bits per heavy atom. The average molecular weight is 335 g/mol. The smallest absolute Gasteiger partial charge is 0.410 e. The van der Waals surface area contributed by atoms with Crippen molar-refractivity contribution in [2.75, 3.05) is 34.2 Å². The zero-order valence-electron chi connectivity index (χ0n) is 15.5. The minimum Gasteiger partial charge on any atom is -0.444 e. The van der Waals surface area contributed by atoms with E-state index in [1.165, 1.54) is 4.90 Å². The summed E-state index contributed by atoms with van der Waals surface area (Å²) < 4.78 is 5.23. The van der Waals surface area contributed by atoms with Crippen LogP contribution in [0.15, 0.2) is 30.3 Å². The minimum absolute atomic E-state index is 0.0378. The van der Waals surface area contributed by atoms with Crippen LogP contribution in [-0.2, 0) is 9.53 Å². The van der Waals surface area contributed by atoms with E-state index < -0.39 is 11.7 Å². The minimum atomic E-state index is -0.578. The summed E-state index contributed by atoms with van der Waals surface area (Å²) in [6, 6.07) is 10.0. The summed E-state index contributed by atoms with van der Waals surface area (Å²) in [6.45, 7) is 5.81. The molecule has 1 aromatic rings. The topological polar surface area (TPSA) is 61.9 Å². The molecular weight excluding hydrogens is 306 g/mol. The predicted octanol–water partition coefficient (Wildman–Crippen LogP) is 2.27. The molecule has 6 nitrogen and oxygen atoms in total. The summed E-state index contributed by atoms with van der Waals surface area (Å²) >= 11 is 0. The van der Waals surface area contributed by atoms with Gasteiger partial charge < -0.3 is 19.9 Å². The highest BCUT2D eigenvalue weighted by atomic mass is 16.6. The molecule has 24 heavy (non-hydrogen) atoms. The highest BCUT2D eigenvalue weighted by Crippen LogP contribution is 2.16. The molecule has 0 aromatic heterocycles. The first-order valence-corrected chi connectivity index (χ1v) is 8.02. The highest BCUT2D eigenvalue weighted by Gasteiger charge is 2.21. The maximum Gasteiger partial charge on any atom is 0.410 e. The molecule has 0 saturated heterocycles. The van der Waals surface area contributed by atoms with Gasteiger partial charge in [0.25, 0.3) is 0 Å². The third kappa shape index (κ3) is 7.00. The molecular formula is C18H29N3O3. The van der Waals surface area contributed by atoms with Gasteiger partial charge in [0.05, 0.1) is 6.04 Å². The van der Waals surface area contributed by atoms with Crippen LogP contribution in [0.1, 0.15) is 32.4 Å². The number of hydrogen-bond donors (Lipinski definition) is 1. The van der Waals surface area contributed by atoms with Crippen LogP contribution >= 0.6 is 0 Å². The van der Waals surface area contributed by atoms with Crippen molar-refractivity contribution < 1.29 is 14.3 Å². The fraction of sp³-hybridized carbons (Fsp3) is 0.556. The molecule has 1 N–H and O–H groups in total. The lowest BCUT2D eigenvalue weighted by molar-refractivity contribution is -0.122. The Morgan fingerprint density at radius 3 is 2.21 bits per heavy atom. The molecule has 0 bridgehead atoms. The van der Waals surface area contributed by atoms with Gasteiger partial charge in [0.1, 0.15) is 12.1 Å². The van der Waals surface area contributed by atoms with Gasteiger partial charge in [0.15, 0.2) is 0 Å². The predicted molar refractivity (Wildman–Crippen MR) is 94.7 cm³/mol. The second-order valence-corrected chi connectivity index (χ2v) is 7.03. The summed E-state index contributed by atoms with van der Waals surface area (Å²) in [5.41, 5.74) is 0.550. The summed E-state index contributed by atoms with van der Waals surface area (Å²) in [5.74, 6) is -0.217. The lowest BCUT2D eigenvalue weighted by Gasteiger charge is -2.26. The molecule has 0 aliphatic heterocycles. The van der Waals surface area contributed by atoms with Crippen molar-refractivity contribution in [3.05, 3.63) is 35.9 Å². The number of likely N-dealkylation sites (N-methyl/N-ethyl adjacent to an activating group) is 2. The van der Waals surface area contributed by atoms with Crippen molar-refractivity contribution in [1.29, 1.82) is 0 Å². The third-order valence-corrected chi connectivity index (χ3v) is 3.39. The molecule has 1 rings (SSSR count). The first-order valence-electron chi connectivity index (χ1n) is 8.02. The van der Waals surface area contributed by atoms with Crippen molar-refractivity contribution >= 4 is 12.0 Å². The largest absolute Gasteiger partial charge is 0.444 e. The number of amides is 2. The molecule has 0 radical (unpaired) electrons. The van der Waals surface area contributed by atoms with Gasteiger partial charge in [0, 0.05) is 13.6 Å². The Morgan fingerprint density at radius 1 is 1.12 bits per heavy atom. The van der Waals surface area contributed by atoms with Gasteiger partial charge in [-0.15, -0.1) is 0 Å². The van der Waals surface area contributed by atoms with E-state index in [9.17, 15) is 9.59 Å². The van der Waals surface area contributed by atoms with Crippen LogP contribution in [0.5, 0.6) is 0 Å². The molecule has 0 fully saturated rings. The summed E-state index contributed by atoms with van der Waals surface area (Å²) in [6.07, 6.45) is -0.509. The van der Waals surface area contributed by atoms with E-state index in [1.807, 2.05) is 49.3 Å². The lowest BCUT2D eigenvalue weighted by atomic mass is 10.1. The monoisotopic (exact) mass is 335 g/mol. The van der Waals surface area contributed by atoms with Gasteiger partial charge in [0.2, 0.25) is 5.91 Å². The van der Waals surface area contributed by atoms with Crippen molar-refractivity contribution in [2.24, 2.45) is 0 Å². The number of ether oxygens (including phenoxy) is 1. The Bertz CT molecular complexity index is 538. The van der Waals surface area contributed by atoms with Crippen molar-refractivity contribution in [3.63, 3.8) is 0 Å². The third-order valence-electron chi connectivity index (χ3n) is 3.39. The zero-order valence-corrected chi connectivity index (χ0v) is 15.5. The molecule has 0 aliphatic carbocycles. The van der Waals surface area contributed by atoms with Gasteiger partial charge in [-0.05, 0) is 40.4 Å². The highest BCUT2D eigenvalue weighted by molar-refractivity contribution is 5.82.